The Balaban J connectivity index is 1.85. The van der Waals surface area contributed by atoms with Crippen LogP contribution in [0.1, 0.15) is 44.1 Å². The van der Waals surface area contributed by atoms with Crippen LogP contribution < -0.4 is 5.32 Å². The highest BCUT2D eigenvalue weighted by Crippen LogP contribution is 2.30. The summed E-state index contributed by atoms with van der Waals surface area (Å²) in [4.78, 5) is 10.8. The van der Waals surface area contributed by atoms with Crippen LogP contribution in [0.25, 0.3) is 0 Å². The van der Waals surface area contributed by atoms with Crippen LogP contribution in [-0.4, -0.2) is 11.5 Å². The topological polar surface area (TPSA) is 55.2 Å². The monoisotopic (exact) mass is 262 g/mol. The van der Waals surface area contributed by atoms with Gasteiger partial charge in [-0.1, -0.05) is 37.8 Å². The van der Waals surface area contributed by atoms with Gasteiger partial charge < -0.3 is 5.32 Å². The zero-order valence-corrected chi connectivity index (χ0v) is 11.5. The maximum absolute atomic E-state index is 11.0. The highest BCUT2D eigenvalue weighted by atomic mass is 16.6. The Morgan fingerprint density at radius 2 is 2.11 bits per heavy atom. The SMILES string of the molecule is Cc1cccc(NCCCC2CCCC2)c1[N+](=O)[O-]. The van der Waals surface area contributed by atoms with E-state index < -0.39 is 0 Å². The van der Waals surface area contributed by atoms with Crippen molar-refractivity contribution in [3.63, 3.8) is 0 Å². The molecule has 0 radical (unpaired) electrons. The van der Waals surface area contributed by atoms with E-state index in [0.29, 0.717) is 11.3 Å². The smallest absolute Gasteiger partial charge is 0.295 e. The highest BCUT2D eigenvalue weighted by Gasteiger charge is 2.17. The van der Waals surface area contributed by atoms with E-state index in [4.69, 9.17) is 0 Å². The molecule has 0 amide bonds. The molecule has 1 aliphatic carbocycles. The summed E-state index contributed by atoms with van der Waals surface area (Å²) in [6.07, 6.45) is 7.82. The van der Waals surface area contributed by atoms with Crippen LogP contribution in [-0.2, 0) is 0 Å². The quantitative estimate of drug-likeness (QED) is 0.473. The second-order valence-corrected chi connectivity index (χ2v) is 5.45. The summed E-state index contributed by atoms with van der Waals surface area (Å²) in [5.74, 6) is 0.884. The lowest BCUT2D eigenvalue weighted by molar-refractivity contribution is -0.384. The third kappa shape index (κ3) is 3.69. The van der Waals surface area contributed by atoms with Crippen molar-refractivity contribution in [3.05, 3.63) is 33.9 Å². The fraction of sp³-hybridized carbons (Fsp3) is 0.600. The molecule has 0 saturated heterocycles. The first-order valence-corrected chi connectivity index (χ1v) is 7.16. The number of hydrogen-bond acceptors (Lipinski definition) is 3. The van der Waals surface area contributed by atoms with Gasteiger partial charge in [-0.2, -0.15) is 0 Å². The summed E-state index contributed by atoms with van der Waals surface area (Å²) in [6.45, 7) is 2.60. The van der Waals surface area contributed by atoms with E-state index >= 15 is 0 Å². The predicted molar refractivity (Wildman–Crippen MR) is 77.5 cm³/mol. The lowest BCUT2D eigenvalue weighted by atomic mass is 10.0. The van der Waals surface area contributed by atoms with Crippen molar-refractivity contribution in [3.8, 4) is 0 Å². The number of anilines is 1. The molecule has 1 aliphatic rings. The molecule has 1 fully saturated rings. The van der Waals surface area contributed by atoms with Gasteiger partial charge in [0.15, 0.2) is 0 Å². The van der Waals surface area contributed by atoms with E-state index in [1.807, 2.05) is 6.07 Å². The van der Waals surface area contributed by atoms with E-state index in [9.17, 15) is 10.1 Å². The Kier molecular flexibility index (Phi) is 4.77. The number of nitro benzene ring substituents is 1. The van der Waals surface area contributed by atoms with Crippen LogP contribution in [0.15, 0.2) is 18.2 Å². The number of aryl methyl sites for hydroxylation is 1. The summed E-state index contributed by atoms with van der Waals surface area (Å²) in [6, 6.07) is 5.43. The number of para-hydroxylation sites is 1. The zero-order valence-electron chi connectivity index (χ0n) is 11.5. The lowest BCUT2D eigenvalue weighted by Crippen LogP contribution is -2.06. The van der Waals surface area contributed by atoms with Gasteiger partial charge >= 0.3 is 0 Å². The van der Waals surface area contributed by atoms with E-state index in [-0.39, 0.29) is 10.6 Å². The second kappa shape index (κ2) is 6.55. The predicted octanol–water partition coefficient (Wildman–Crippen LogP) is 4.29. The van der Waals surface area contributed by atoms with Crippen molar-refractivity contribution in [2.45, 2.75) is 45.4 Å². The van der Waals surface area contributed by atoms with Gasteiger partial charge in [0.25, 0.3) is 5.69 Å². The standard InChI is InChI=1S/C15H22N2O2/c1-12-6-4-10-14(15(12)17(18)19)16-11-5-9-13-7-2-3-8-13/h4,6,10,13,16H,2-3,5,7-9,11H2,1H3. The molecule has 0 aliphatic heterocycles. The maximum atomic E-state index is 11.0. The molecule has 19 heavy (non-hydrogen) atoms. The molecule has 1 N–H and O–H groups in total. The summed E-state index contributed by atoms with van der Waals surface area (Å²) < 4.78 is 0. The largest absolute Gasteiger partial charge is 0.379 e. The first-order valence-electron chi connectivity index (χ1n) is 7.16. The number of rotatable bonds is 6. The molecule has 0 atom stereocenters. The molecule has 0 aromatic heterocycles. The summed E-state index contributed by atoms with van der Waals surface area (Å²) >= 11 is 0. The van der Waals surface area contributed by atoms with Gasteiger partial charge in [-0.05, 0) is 31.7 Å². The fourth-order valence-corrected chi connectivity index (χ4v) is 2.96. The van der Waals surface area contributed by atoms with Crippen LogP contribution in [0.2, 0.25) is 0 Å². The van der Waals surface area contributed by atoms with Gasteiger partial charge in [0, 0.05) is 12.1 Å². The summed E-state index contributed by atoms with van der Waals surface area (Å²) in [7, 11) is 0. The number of nitrogens with one attached hydrogen (secondary N) is 1. The van der Waals surface area contributed by atoms with Crippen molar-refractivity contribution < 1.29 is 4.92 Å². The average molecular weight is 262 g/mol. The van der Waals surface area contributed by atoms with Crippen molar-refractivity contribution in [1.29, 1.82) is 0 Å². The van der Waals surface area contributed by atoms with E-state index in [1.54, 1.807) is 19.1 Å². The van der Waals surface area contributed by atoms with Crippen molar-refractivity contribution in [2.24, 2.45) is 5.92 Å². The number of nitrogens with zero attached hydrogens (tertiary/aromatic N) is 1. The molecule has 0 spiro atoms. The molecule has 1 aromatic carbocycles. The van der Waals surface area contributed by atoms with Crippen LogP contribution >= 0.6 is 0 Å². The van der Waals surface area contributed by atoms with E-state index in [2.05, 4.69) is 5.32 Å². The minimum Gasteiger partial charge on any atom is -0.379 e. The van der Waals surface area contributed by atoms with Crippen molar-refractivity contribution >= 4 is 11.4 Å². The van der Waals surface area contributed by atoms with E-state index in [1.165, 1.54) is 32.1 Å². The average Bonchev–Trinajstić information content (AvgIpc) is 2.87. The Labute approximate surface area is 114 Å². The lowest BCUT2D eigenvalue weighted by Gasteiger charge is -2.11. The fourth-order valence-electron chi connectivity index (χ4n) is 2.96. The molecule has 104 valence electrons. The van der Waals surface area contributed by atoms with Gasteiger partial charge in [0.2, 0.25) is 0 Å². The second-order valence-electron chi connectivity index (χ2n) is 5.45. The molecule has 1 aromatic rings. The Morgan fingerprint density at radius 1 is 1.37 bits per heavy atom. The Hall–Kier alpha value is -1.58. The minimum atomic E-state index is -0.297. The number of benzene rings is 1. The number of nitro groups is 1. The van der Waals surface area contributed by atoms with Gasteiger partial charge in [-0.3, -0.25) is 10.1 Å². The Bertz CT molecular complexity index is 440. The molecule has 2 rings (SSSR count). The molecule has 0 heterocycles. The van der Waals surface area contributed by atoms with Crippen LogP contribution in [0.3, 0.4) is 0 Å². The molecular weight excluding hydrogens is 240 g/mol. The molecule has 4 nitrogen and oxygen atoms in total. The third-order valence-electron chi connectivity index (χ3n) is 4.00. The summed E-state index contributed by atoms with van der Waals surface area (Å²) in [5, 5.41) is 14.3. The van der Waals surface area contributed by atoms with Gasteiger partial charge in [0.05, 0.1) is 4.92 Å². The summed E-state index contributed by atoms with van der Waals surface area (Å²) in [5.41, 5.74) is 1.57. The van der Waals surface area contributed by atoms with Gasteiger partial charge in [0.1, 0.15) is 5.69 Å². The van der Waals surface area contributed by atoms with Crippen molar-refractivity contribution in [1.82, 2.24) is 0 Å². The number of hydrogen-bond donors (Lipinski definition) is 1. The van der Waals surface area contributed by atoms with Gasteiger partial charge in [-0.25, -0.2) is 0 Å². The molecule has 1 saturated carbocycles. The molecular formula is C15H22N2O2. The van der Waals surface area contributed by atoms with Crippen LogP contribution in [0.5, 0.6) is 0 Å². The molecule has 0 unspecified atom stereocenters. The normalized spacial score (nSPS) is 15.6. The highest BCUT2D eigenvalue weighted by molar-refractivity contribution is 5.64. The van der Waals surface area contributed by atoms with Crippen molar-refractivity contribution in [2.75, 3.05) is 11.9 Å². The van der Waals surface area contributed by atoms with Gasteiger partial charge in [-0.15, -0.1) is 0 Å². The molecule has 0 bridgehead atoms. The first kappa shape index (κ1) is 13.8. The van der Waals surface area contributed by atoms with E-state index in [0.717, 1.165) is 18.9 Å². The molecule has 4 heteroatoms. The minimum absolute atomic E-state index is 0.211. The van der Waals surface area contributed by atoms with Crippen LogP contribution in [0, 0.1) is 23.0 Å². The third-order valence-corrected chi connectivity index (χ3v) is 4.00. The zero-order chi connectivity index (χ0) is 13.7. The van der Waals surface area contributed by atoms with Crippen LogP contribution in [0.4, 0.5) is 11.4 Å². The maximum Gasteiger partial charge on any atom is 0.295 e. The Morgan fingerprint density at radius 3 is 2.79 bits per heavy atom. The first-order chi connectivity index (χ1) is 9.18.